The highest BCUT2D eigenvalue weighted by Gasteiger charge is 2.22. The van der Waals surface area contributed by atoms with Crippen molar-refractivity contribution in [1.29, 1.82) is 0 Å². The number of thioether (sulfide) groups is 1. The number of aromatic nitrogens is 2. The Balaban J connectivity index is 1.56. The molecule has 0 spiro atoms. The molecule has 1 N–H and O–H groups in total. The number of anilines is 1. The summed E-state index contributed by atoms with van der Waals surface area (Å²) in [7, 11) is 0. The van der Waals surface area contributed by atoms with E-state index in [4.69, 9.17) is 0 Å². The Morgan fingerprint density at radius 2 is 2.22 bits per heavy atom. The van der Waals surface area contributed by atoms with Gasteiger partial charge in [-0.25, -0.2) is 4.79 Å². The zero-order valence-electron chi connectivity index (χ0n) is 13.3. The molecular formula is C17H22N4OS. The predicted molar refractivity (Wildman–Crippen MR) is 94.9 cm³/mol. The van der Waals surface area contributed by atoms with Gasteiger partial charge in [0.25, 0.3) is 0 Å². The number of nitrogens with zero attached hydrogens (tertiary/aromatic N) is 3. The summed E-state index contributed by atoms with van der Waals surface area (Å²) < 4.78 is 1.88. The van der Waals surface area contributed by atoms with Crippen LogP contribution in [0.1, 0.15) is 18.9 Å². The molecule has 0 aliphatic carbocycles. The number of urea groups is 1. The lowest BCUT2D eigenvalue weighted by molar-refractivity contribution is 0.213. The fourth-order valence-corrected chi connectivity index (χ4v) is 3.81. The van der Waals surface area contributed by atoms with Crippen molar-refractivity contribution in [2.75, 3.05) is 24.2 Å². The Hall–Kier alpha value is -1.95. The summed E-state index contributed by atoms with van der Waals surface area (Å²) in [5, 5.41) is 7.76. The van der Waals surface area contributed by atoms with E-state index < -0.39 is 0 Å². The zero-order valence-corrected chi connectivity index (χ0v) is 14.1. The first-order chi connectivity index (χ1) is 11.2. The maximum atomic E-state index is 12.4. The molecule has 2 heterocycles. The van der Waals surface area contributed by atoms with E-state index in [0.717, 1.165) is 43.1 Å². The van der Waals surface area contributed by atoms with Crippen LogP contribution >= 0.6 is 11.8 Å². The maximum absolute atomic E-state index is 12.4. The largest absolute Gasteiger partial charge is 0.323 e. The van der Waals surface area contributed by atoms with Gasteiger partial charge in [0.05, 0.1) is 6.54 Å². The topological polar surface area (TPSA) is 50.2 Å². The third-order valence-electron chi connectivity index (χ3n) is 3.99. The van der Waals surface area contributed by atoms with E-state index in [0.29, 0.717) is 5.25 Å². The Kier molecular flexibility index (Phi) is 5.23. The van der Waals surface area contributed by atoms with Crippen LogP contribution in [0.25, 0.3) is 0 Å². The highest BCUT2D eigenvalue weighted by molar-refractivity contribution is 8.00. The second-order valence-electron chi connectivity index (χ2n) is 5.68. The summed E-state index contributed by atoms with van der Waals surface area (Å²) in [6.07, 6.45) is 4.82. The summed E-state index contributed by atoms with van der Waals surface area (Å²) in [4.78, 5) is 14.3. The minimum absolute atomic E-state index is 0.00331. The first kappa shape index (κ1) is 15.9. The highest BCUT2D eigenvalue weighted by Crippen LogP contribution is 2.21. The first-order valence-corrected chi connectivity index (χ1v) is 9.03. The van der Waals surface area contributed by atoms with Crippen LogP contribution in [-0.4, -0.2) is 44.8 Å². The van der Waals surface area contributed by atoms with Crippen molar-refractivity contribution in [3.63, 3.8) is 0 Å². The summed E-state index contributed by atoms with van der Waals surface area (Å²) in [6, 6.07) is 9.87. The van der Waals surface area contributed by atoms with Crippen LogP contribution < -0.4 is 5.32 Å². The van der Waals surface area contributed by atoms with E-state index in [2.05, 4.69) is 17.3 Å². The highest BCUT2D eigenvalue weighted by atomic mass is 32.2. The number of rotatable bonds is 4. The second-order valence-corrected chi connectivity index (χ2v) is 7.09. The predicted octanol–water partition coefficient (Wildman–Crippen LogP) is 3.29. The van der Waals surface area contributed by atoms with Crippen LogP contribution in [0.2, 0.25) is 0 Å². The smallest absolute Gasteiger partial charge is 0.321 e. The normalized spacial score (nSPS) is 18.0. The summed E-state index contributed by atoms with van der Waals surface area (Å²) in [6.45, 7) is 4.58. The van der Waals surface area contributed by atoms with Crippen LogP contribution in [0.15, 0.2) is 42.7 Å². The zero-order chi connectivity index (χ0) is 16.1. The minimum Gasteiger partial charge on any atom is -0.323 e. The number of carbonyl (C=O) groups is 1. The summed E-state index contributed by atoms with van der Waals surface area (Å²) in [5.41, 5.74) is 2.00. The molecular weight excluding hydrogens is 308 g/mol. The molecule has 5 nitrogen and oxygen atoms in total. The van der Waals surface area contributed by atoms with Crippen molar-refractivity contribution >= 4 is 23.5 Å². The molecule has 1 aliphatic rings. The molecule has 1 fully saturated rings. The van der Waals surface area contributed by atoms with Gasteiger partial charge in [-0.1, -0.05) is 19.1 Å². The fourth-order valence-electron chi connectivity index (χ4n) is 2.63. The van der Waals surface area contributed by atoms with Crippen molar-refractivity contribution in [2.24, 2.45) is 0 Å². The third-order valence-corrected chi connectivity index (χ3v) is 5.36. The second kappa shape index (κ2) is 7.55. The number of nitrogens with one attached hydrogen (secondary N) is 1. The Morgan fingerprint density at radius 3 is 2.91 bits per heavy atom. The lowest BCUT2D eigenvalue weighted by Gasteiger charge is -2.31. The van der Waals surface area contributed by atoms with Gasteiger partial charge in [0.1, 0.15) is 0 Å². The van der Waals surface area contributed by atoms with Gasteiger partial charge in [-0.05, 0) is 30.2 Å². The third kappa shape index (κ3) is 4.28. The van der Waals surface area contributed by atoms with E-state index in [9.17, 15) is 4.79 Å². The quantitative estimate of drug-likeness (QED) is 0.936. The summed E-state index contributed by atoms with van der Waals surface area (Å²) >= 11 is 1.96. The lowest BCUT2D eigenvalue weighted by Crippen LogP contribution is -2.43. The summed E-state index contributed by atoms with van der Waals surface area (Å²) in [5.74, 6) is 1.02. The van der Waals surface area contributed by atoms with Gasteiger partial charge < -0.3 is 10.2 Å². The van der Waals surface area contributed by atoms with E-state index in [-0.39, 0.29) is 6.03 Å². The molecule has 0 bridgehead atoms. The molecule has 0 saturated carbocycles. The average molecular weight is 330 g/mol. The van der Waals surface area contributed by atoms with Gasteiger partial charge in [0, 0.05) is 42.2 Å². The van der Waals surface area contributed by atoms with Gasteiger partial charge in [-0.3, -0.25) is 4.68 Å². The Bertz CT molecular complexity index is 627. The molecule has 1 atom stereocenters. The molecule has 1 aromatic carbocycles. The molecule has 6 heteroatoms. The minimum atomic E-state index is 0.00331. The van der Waals surface area contributed by atoms with Crippen LogP contribution in [0.4, 0.5) is 10.5 Å². The molecule has 1 aromatic heterocycles. The van der Waals surface area contributed by atoms with E-state index in [1.807, 2.05) is 57.9 Å². The van der Waals surface area contributed by atoms with Gasteiger partial charge in [-0.15, -0.1) is 0 Å². The molecule has 0 radical (unpaired) electrons. The van der Waals surface area contributed by atoms with Crippen molar-refractivity contribution < 1.29 is 4.79 Å². The number of hydrogen-bond acceptors (Lipinski definition) is 3. The number of carbonyl (C=O) groups excluding carboxylic acids is 1. The lowest BCUT2D eigenvalue weighted by atomic mass is 10.2. The van der Waals surface area contributed by atoms with Crippen molar-refractivity contribution in [2.45, 2.75) is 25.1 Å². The molecule has 2 aromatic rings. The van der Waals surface area contributed by atoms with Crippen LogP contribution in [0, 0.1) is 0 Å². The number of benzene rings is 1. The SMILES string of the molecule is CC[C@@H]1CN(C(=O)Nc2ccc(Cn3cccn3)cc2)CCS1. The molecule has 3 rings (SSSR count). The molecule has 122 valence electrons. The number of amides is 2. The van der Waals surface area contributed by atoms with Gasteiger partial charge in [0.15, 0.2) is 0 Å². The van der Waals surface area contributed by atoms with Crippen molar-refractivity contribution in [1.82, 2.24) is 14.7 Å². The van der Waals surface area contributed by atoms with E-state index in [1.165, 1.54) is 0 Å². The first-order valence-electron chi connectivity index (χ1n) is 7.98. The molecule has 0 unspecified atom stereocenters. The van der Waals surface area contributed by atoms with Crippen LogP contribution in [-0.2, 0) is 6.54 Å². The van der Waals surface area contributed by atoms with Gasteiger partial charge in [0.2, 0.25) is 0 Å². The molecule has 1 aliphatic heterocycles. The average Bonchev–Trinajstić information content (AvgIpc) is 3.09. The van der Waals surface area contributed by atoms with Crippen LogP contribution in [0.3, 0.4) is 0 Å². The van der Waals surface area contributed by atoms with E-state index in [1.54, 1.807) is 6.20 Å². The Labute approximate surface area is 141 Å². The standard InChI is InChI=1S/C17H22N4OS/c1-2-16-13-20(10-11-23-16)17(22)19-15-6-4-14(5-7-15)12-21-9-3-8-18-21/h3-9,16H,2,10-13H2,1H3,(H,19,22)/t16-/m1/s1. The van der Waals surface area contributed by atoms with Crippen LogP contribution in [0.5, 0.6) is 0 Å². The monoisotopic (exact) mass is 330 g/mol. The molecule has 1 saturated heterocycles. The maximum Gasteiger partial charge on any atom is 0.321 e. The van der Waals surface area contributed by atoms with Gasteiger partial charge in [-0.2, -0.15) is 16.9 Å². The number of hydrogen-bond donors (Lipinski definition) is 1. The van der Waals surface area contributed by atoms with Crippen molar-refractivity contribution in [3.05, 3.63) is 48.3 Å². The molecule has 23 heavy (non-hydrogen) atoms. The molecule has 2 amide bonds. The van der Waals surface area contributed by atoms with Gasteiger partial charge >= 0.3 is 6.03 Å². The van der Waals surface area contributed by atoms with E-state index >= 15 is 0 Å². The fraction of sp³-hybridized carbons (Fsp3) is 0.412. The Morgan fingerprint density at radius 1 is 1.39 bits per heavy atom. The van der Waals surface area contributed by atoms with Crippen molar-refractivity contribution in [3.8, 4) is 0 Å².